The molecule has 0 unspecified atom stereocenters. The molecule has 0 spiro atoms. The Morgan fingerprint density at radius 2 is 1.66 bits per heavy atom. The van der Waals surface area contributed by atoms with Crippen molar-refractivity contribution in [2.45, 2.75) is 4.90 Å². The fraction of sp³-hybridized carbons (Fsp3) is 0.0435. The number of nitrogens with two attached hydrogens (primary N) is 1. The largest absolute Gasteiger partial charge is 0.424 e. The van der Waals surface area contributed by atoms with Gasteiger partial charge in [0, 0.05) is 11.8 Å². The minimum absolute atomic E-state index is 0.00230. The van der Waals surface area contributed by atoms with E-state index in [-0.39, 0.29) is 28.1 Å². The van der Waals surface area contributed by atoms with Crippen molar-refractivity contribution in [3.8, 4) is 22.9 Å². The van der Waals surface area contributed by atoms with Gasteiger partial charge < -0.3 is 21.1 Å². The lowest BCUT2D eigenvalue weighted by molar-refractivity contribution is 0.262. The van der Waals surface area contributed by atoms with Gasteiger partial charge in [0.25, 0.3) is 0 Å². The van der Waals surface area contributed by atoms with Gasteiger partial charge in [-0.25, -0.2) is 32.6 Å². The average molecular weight is 495 g/mol. The van der Waals surface area contributed by atoms with E-state index in [0.29, 0.717) is 16.9 Å². The van der Waals surface area contributed by atoms with Crippen LogP contribution in [0.3, 0.4) is 0 Å². The third-order valence-electron chi connectivity index (χ3n) is 4.68. The van der Waals surface area contributed by atoms with Crippen LogP contribution in [0.2, 0.25) is 0 Å². The number of carbonyl (C=O) groups is 1. The molecule has 0 saturated carbocycles. The van der Waals surface area contributed by atoms with Crippen LogP contribution in [0.5, 0.6) is 11.8 Å². The minimum Gasteiger partial charge on any atom is -0.424 e. The topological polar surface area (TPSA) is 149 Å². The van der Waals surface area contributed by atoms with Crippen LogP contribution in [0, 0.1) is 5.82 Å². The number of anilines is 3. The molecular formula is C23H19FN6O4S. The van der Waals surface area contributed by atoms with Gasteiger partial charge in [0.2, 0.25) is 0 Å². The Bertz CT molecular complexity index is 1480. The molecule has 2 aromatic heterocycles. The monoisotopic (exact) mass is 494 g/mol. The van der Waals surface area contributed by atoms with E-state index < -0.39 is 21.7 Å². The van der Waals surface area contributed by atoms with E-state index in [1.165, 1.54) is 30.6 Å². The number of nitrogens with one attached hydrogen (secondary N) is 2. The van der Waals surface area contributed by atoms with E-state index in [9.17, 15) is 17.6 Å². The van der Waals surface area contributed by atoms with Crippen LogP contribution < -0.4 is 21.1 Å². The molecule has 4 aromatic rings. The van der Waals surface area contributed by atoms with Crippen LogP contribution in [0.4, 0.5) is 26.4 Å². The van der Waals surface area contributed by atoms with Crippen molar-refractivity contribution in [2.24, 2.45) is 0 Å². The second-order valence-electron chi connectivity index (χ2n) is 7.31. The average Bonchev–Trinajstić information content (AvgIpc) is 2.82. The van der Waals surface area contributed by atoms with Gasteiger partial charge in [-0.3, -0.25) is 0 Å². The summed E-state index contributed by atoms with van der Waals surface area (Å²) in [4.78, 5) is 24.2. The first-order chi connectivity index (χ1) is 16.7. The van der Waals surface area contributed by atoms with Crippen LogP contribution in [-0.4, -0.2) is 35.7 Å². The Morgan fingerprint density at radius 1 is 0.971 bits per heavy atom. The van der Waals surface area contributed by atoms with E-state index in [1.54, 1.807) is 36.4 Å². The van der Waals surface area contributed by atoms with Crippen LogP contribution in [0.15, 0.2) is 78.1 Å². The molecule has 0 aliphatic rings. The number of nitrogens with zero attached hydrogens (tertiary/aromatic N) is 3. The summed E-state index contributed by atoms with van der Waals surface area (Å²) in [5, 5.41) is 5.02. The first kappa shape index (κ1) is 23.6. The van der Waals surface area contributed by atoms with Crippen molar-refractivity contribution in [3.05, 3.63) is 79.0 Å². The molecule has 178 valence electrons. The van der Waals surface area contributed by atoms with Crippen molar-refractivity contribution in [3.63, 3.8) is 0 Å². The number of amides is 2. The highest BCUT2D eigenvalue weighted by molar-refractivity contribution is 7.90. The molecular weight excluding hydrogens is 475 g/mol. The van der Waals surface area contributed by atoms with Gasteiger partial charge >= 0.3 is 12.0 Å². The summed E-state index contributed by atoms with van der Waals surface area (Å²) in [6.45, 7) is 0. The van der Waals surface area contributed by atoms with Gasteiger partial charge in [0.05, 0.1) is 34.9 Å². The van der Waals surface area contributed by atoms with Crippen molar-refractivity contribution in [1.82, 2.24) is 15.0 Å². The number of nitrogen functional groups attached to an aromatic ring is 1. The lowest BCUT2D eigenvalue weighted by atomic mass is 10.1. The van der Waals surface area contributed by atoms with Gasteiger partial charge in [-0.15, -0.1) is 0 Å². The molecule has 4 rings (SSSR count). The highest BCUT2D eigenvalue weighted by atomic mass is 32.2. The van der Waals surface area contributed by atoms with Crippen molar-refractivity contribution in [1.29, 1.82) is 0 Å². The van der Waals surface area contributed by atoms with E-state index in [2.05, 4.69) is 25.6 Å². The number of sulfone groups is 1. The molecule has 2 aromatic carbocycles. The molecule has 2 heterocycles. The van der Waals surface area contributed by atoms with Gasteiger partial charge in [-0.1, -0.05) is 24.3 Å². The van der Waals surface area contributed by atoms with Crippen molar-refractivity contribution >= 4 is 33.1 Å². The molecule has 0 atom stereocenters. The van der Waals surface area contributed by atoms with Gasteiger partial charge in [0.15, 0.2) is 9.84 Å². The molecule has 0 bridgehead atoms. The number of rotatable bonds is 6. The Labute approximate surface area is 199 Å². The number of hydrogen-bond acceptors (Lipinski definition) is 8. The Morgan fingerprint density at radius 3 is 2.34 bits per heavy atom. The third kappa shape index (κ3) is 5.86. The van der Waals surface area contributed by atoms with E-state index >= 15 is 0 Å². The number of hydrogen-bond donors (Lipinski definition) is 3. The predicted molar refractivity (Wildman–Crippen MR) is 128 cm³/mol. The molecule has 12 heteroatoms. The summed E-state index contributed by atoms with van der Waals surface area (Å²) in [6.07, 6.45) is 4.76. The summed E-state index contributed by atoms with van der Waals surface area (Å²) in [5.41, 5.74) is 7.33. The standard InChI is InChI=1S/C23H19FN6O4S/c1-35(32,33)20-5-3-2-4-19(20)30-22(31)29-16-12-27-23(28-13-16)34-17-8-6-14(7-9-17)18-10-15(24)11-26-21(18)25/h2-13H,1H3,(H2,25,26)(H2,29,30,31). The predicted octanol–water partition coefficient (Wildman–Crippen LogP) is 4.10. The molecule has 0 aliphatic heterocycles. The molecule has 4 N–H and O–H groups in total. The molecule has 2 amide bonds. The SMILES string of the molecule is CS(=O)(=O)c1ccccc1NC(=O)Nc1cnc(Oc2ccc(-c3cc(F)cnc3N)cc2)nc1. The first-order valence-corrected chi connectivity index (χ1v) is 12.0. The van der Waals surface area contributed by atoms with E-state index in [0.717, 1.165) is 12.5 Å². The van der Waals surface area contributed by atoms with Crippen molar-refractivity contribution < 1.29 is 22.3 Å². The number of benzene rings is 2. The highest BCUT2D eigenvalue weighted by Crippen LogP contribution is 2.28. The summed E-state index contributed by atoms with van der Waals surface area (Å²) < 4.78 is 42.8. The lowest BCUT2D eigenvalue weighted by Gasteiger charge is -2.11. The fourth-order valence-corrected chi connectivity index (χ4v) is 3.94. The Kier molecular flexibility index (Phi) is 6.55. The van der Waals surface area contributed by atoms with Crippen LogP contribution in [0.25, 0.3) is 11.1 Å². The second-order valence-corrected chi connectivity index (χ2v) is 9.30. The summed E-state index contributed by atoms with van der Waals surface area (Å²) >= 11 is 0. The number of carbonyl (C=O) groups excluding carboxylic acids is 1. The Hall–Kier alpha value is -4.58. The number of ether oxygens (including phenoxy) is 1. The first-order valence-electron chi connectivity index (χ1n) is 10.1. The zero-order valence-corrected chi connectivity index (χ0v) is 19.1. The lowest BCUT2D eigenvalue weighted by Crippen LogP contribution is -2.21. The minimum atomic E-state index is -3.52. The summed E-state index contributed by atoms with van der Waals surface area (Å²) in [6, 6.07) is 13.4. The van der Waals surface area contributed by atoms with Crippen molar-refractivity contribution in [2.75, 3.05) is 22.6 Å². The normalized spacial score (nSPS) is 11.0. The molecule has 0 saturated heterocycles. The second kappa shape index (κ2) is 9.73. The molecule has 10 nitrogen and oxygen atoms in total. The van der Waals surface area contributed by atoms with Crippen LogP contribution in [-0.2, 0) is 9.84 Å². The van der Waals surface area contributed by atoms with E-state index in [4.69, 9.17) is 10.5 Å². The maximum Gasteiger partial charge on any atom is 0.323 e. The number of aromatic nitrogens is 3. The highest BCUT2D eigenvalue weighted by Gasteiger charge is 2.15. The zero-order chi connectivity index (χ0) is 25.0. The Balaban J connectivity index is 1.39. The van der Waals surface area contributed by atoms with Gasteiger partial charge in [0.1, 0.15) is 17.4 Å². The van der Waals surface area contributed by atoms with Crippen LogP contribution in [0.1, 0.15) is 0 Å². The number of halogens is 1. The maximum absolute atomic E-state index is 13.5. The number of pyridine rings is 1. The fourth-order valence-electron chi connectivity index (χ4n) is 3.10. The number of urea groups is 1. The molecule has 0 aliphatic carbocycles. The maximum atomic E-state index is 13.5. The molecule has 0 radical (unpaired) electrons. The number of para-hydroxylation sites is 1. The van der Waals surface area contributed by atoms with Gasteiger partial charge in [-0.05, 0) is 35.9 Å². The molecule has 35 heavy (non-hydrogen) atoms. The summed E-state index contributed by atoms with van der Waals surface area (Å²) in [7, 11) is -3.52. The van der Waals surface area contributed by atoms with E-state index in [1.807, 2.05) is 0 Å². The smallest absolute Gasteiger partial charge is 0.323 e. The van der Waals surface area contributed by atoms with Gasteiger partial charge in [-0.2, -0.15) is 0 Å². The summed E-state index contributed by atoms with van der Waals surface area (Å²) in [5.74, 6) is 0.132. The third-order valence-corrected chi connectivity index (χ3v) is 5.84. The van der Waals surface area contributed by atoms with Crippen LogP contribution >= 0.6 is 0 Å². The zero-order valence-electron chi connectivity index (χ0n) is 18.3. The quantitative estimate of drug-likeness (QED) is 0.363. The molecule has 0 fully saturated rings.